The van der Waals surface area contributed by atoms with Crippen LogP contribution in [0.25, 0.3) is 20.7 Å². The smallest absolute Gasteiger partial charge is 0.272 e. The Kier molecular flexibility index (Phi) is 4.27. The predicted molar refractivity (Wildman–Crippen MR) is 91.3 cm³/mol. The third kappa shape index (κ3) is 2.65. The molecule has 0 amide bonds. The summed E-state index contributed by atoms with van der Waals surface area (Å²) in [4.78, 5) is 18.2. The minimum absolute atomic E-state index is 0.0277. The summed E-state index contributed by atoms with van der Waals surface area (Å²) in [5.74, 6) is 0.285. The molecule has 0 aliphatic heterocycles. The molecule has 3 rings (SSSR count). The van der Waals surface area contributed by atoms with Gasteiger partial charge in [-0.15, -0.1) is 11.3 Å². The molecule has 22 heavy (non-hydrogen) atoms. The zero-order valence-corrected chi connectivity index (χ0v) is 13.6. The number of aromatic nitrogens is 2. The first-order valence-electron chi connectivity index (χ1n) is 6.84. The van der Waals surface area contributed by atoms with Gasteiger partial charge < -0.3 is 0 Å². The Morgan fingerprint density at radius 1 is 1.36 bits per heavy atom. The monoisotopic (exact) mass is 327 g/mol. The normalized spacial score (nSPS) is 10.7. The molecule has 2 aromatic heterocycles. The van der Waals surface area contributed by atoms with Crippen LogP contribution in [0.15, 0.2) is 46.3 Å². The SMILES string of the molecule is CCn1c(SCC#N)nc2cc(-c3ccccc3)sc2c1=O. The van der Waals surface area contributed by atoms with Crippen LogP contribution in [0, 0.1) is 11.3 Å². The van der Waals surface area contributed by atoms with Gasteiger partial charge in [0.25, 0.3) is 5.56 Å². The summed E-state index contributed by atoms with van der Waals surface area (Å²) in [5, 5.41) is 9.35. The third-order valence-corrected chi connectivity index (χ3v) is 5.24. The number of fused-ring (bicyclic) bond motifs is 1. The fourth-order valence-corrected chi connectivity index (χ4v) is 4.00. The van der Waals surface area contributed by atoms with E-state index in [1.807, 2.05) is 43.3 Å². The highest BCUT2D eigenvalue weighted by atomic mass is 32.2. The molecule has 0 unspecified atom stereocenters. The molecule has 0 bridgehead atoms. The molecule has 0 fully saturated rings. The average Bonchev–Trinajstić information content (AvgIpc) is 2.98. The minimum Gasteiger partial charge on any atom is -0.287 e. The molecule has 1 aromatic carbocycles. The number of thioether (sulfide) groups is 1. The van der Waals surface area contributed by atoms with Gasteiger partial charge in [0.1, 0.15) is 4.70 Å². The van der Waals surface area contributed by atoms with Gasteiger partial charge in [-0.1, -0.05) is 42.1 Å². The molecule has 0 saturated carbocycles. The van der Waals surface area contributed by atoms with Crippen LogP contribution >= 0.6 is 23.1 Å². The Hall–Kier alpha value is -2.10. The quantitative estimate of drug-likeness (QED) is 0.541. The van der Waals surface area contributed by atoms with Gasteiger partial charge in [0.2, 0.25) is 0 Å². The van der Waals surface area contributed by atoms with Gasteiger partial charge in [0, 0.05) is 11.4 Å². The lowest BCUT2D eigenvalue weighted by Crippen LogP contribution is -2.21. The number of nitrogens with zero attached hydrogens (tertiary/aromatic N) is 3. The van der Waals surface area contributed by atoms with Crippen molar-refractivity contribution < 1.29 is 0 Å². The van der Waals surface area contributed by atoms with Crippen molar-refractivity contribution in [3.63, 3.8) is 0 Å². The van der Waals surface area contributed by atoms with Gasteiger partial charge in [0.05, 0.1) is 17.3 Å². The number of nitriles is 1. The predicted octanol–water partition coefficient (Wildman–Crippen LogP) is 3.76. The van der Waals surface area contributed by atoms with Crippen LogP contribution in [-0.4, -0.2) is 15.3 Å². The van der Waals surface area contributed by atoms with Gasteiger partial charge in [0.15, 0.2) is 5.16 Å². The third-order valence-electron chi connectivity index (χ3n) is 3.24. The lowest BCUT2D eigenvalue weighted by atomic mass is 10.2. The van der Waals surface area contributed by atoms with Crippen LogP contribution in [0.1, 0.15) is 6.92 Å². The molecule has 4 nitrogen and oxygen atoms in total. The average molecular weight is 327 g/mol. The van der Waals surface area contributed by atoms with E-state index in [0.29, 0.717) is 21.9 Å². The summed E-state index contributed by atoms with van der Waals surface area (Å²) in [6, 6.07) is 14.0. The van der Waals surface area contributed by atoms with E-state index in [1.54, 1.807) is 4.57 Å². The molecule has 0 N–H and O–H groups in total. The molecule has 0 radical (unpaired) electrons. The number of benzene rings is 1. The highest BCUT2D eigenvalue weighted by Gasteiger charge is 2.14. The van der Waals surface area contributed by atoms with Gasteiger partial charge in [-0.3, -0.25) is 9.36 Å². The molecule has 0 spiro atoms. The van der Waals surface area contributed by atoms with Gasteiger partial charge in [-0.25, -0.2) is 4.98 Å². The van der Waals surface area contributed by atoms with E-state index in [9.17, 15) is 4.79 Å². The van der Waals surface area contributed by atoms with E-state index in [1.165, 1.54) is 23.1 Å². The van der Waals surface area contributed by atoms with E-state index in [4.69, 9.17) is 5.26 Å². The van der Waals surface area contributed by atoms with E-state index in [0.717, 1.165) is 10.4 Å². The Bertz CT molecular complexity index is 907. The summed E-state index contributed by atoms with van der Waals surface area (Å²) in [7, 11) is 0. The summed E-state index contributed by atoms with van der Waals surface area (Å²) in [6.07, 6.45) is 0. The molecule has 0 saturated heterocycles. The highest BCUT2D eigenvalue weighted by Crippen LogP contribution is 2.31. The van der Waals surface area contributed by atoms with Crippen molar-refractivity contribution in [3.05, 3.63) is 46.8 Å². The van der Waals surface area contributed by atoms with Gasteiger partial charge in [-0.05, 0) is 18.6 Å². The Morgan fingerprint density at radius 2 is 2.14 bits per heavy atom. The molecule has 6 heteroatoms. The van der Waals surface area contributed by atoms with Crippen LogP contribution < -0.4 is 5.56 Å². The van der Waals surface area contributed by atoms with Crippen LogP contribution in [0.4, 0.5) is 0 Å². The second-order valence-corrected chi connectivity index (χ2v) is 6.58. The van der Waals surface area contributed by atoms with Crippen molar-refractivity contribution >= 4 is 33.3 Å². The number of hydrogen-bond donors (Lipinski definition) is 0. The maximum absolute atomic E-state index is 12.6. The zero-order chi connectivity index (χ0) is 15.5. The van der Waals surface area contributed by atoms with Gasteiger partial charge >= 0.3 is 0 Å². The Labute approximate surface area is 136 Å². The fourth-order valence-electron chi connectivity index (χ4n) is 2.22. The second kappa shape index (κ2) is 6.34. The number of thiophene rings is 1. The Balaban J connectivity index is 2.18. The molecule has 0 atom stereocenters. The first kappa shape index (κ1) is 14.8. The molecule has 0 aliphatic carbocycles. The van der Waals surface area contributed by atoms with E-state index < -0.39 is 0 Å². The summed E-state index contributed by atoms with van der Waals surface area (Å²) < 4.78 is 2.30. The summed E-state index contributed by atoms with van der Waals surface area (Å²) >= 11 is 2.77. The second-order valence-electron chi connectivity index (χ2n) is 4.58. The van der Waals surface area contributed by atoms with Crippen LogP contribution in [-0.2, 0) is 6.54 Å². The zero-order valence-electron chi connectivity index (χ0n) is 11.9. The topological polar surface area (TPSA) is 58.7 Å². The standard InChI is InChI=1S/C16H13N3OS2/c1-2-19-15(20)14-12(18-16(19)21-9-8-17)10-13(22-14)11-6-4-3-5-7-11/h3-7,10H,2,9H2,1H3. The lowest BCUT2D eigenvalue weighted by molar-refractivity contribution is 0.636. The van der Waals surface area contributed by atoms with Crippen LogP contribution in [0.3, 0.4) is 0 Å². The number of hydrogen-bond acceptors (Lipinski definition) is 5. The van der Waals surface area contributed by atoms with E-state index in [2.05, 4.69) is 11.1 Å². The van der Waals surface area contributed by atoms with Gasteiger partial charge in [-0.2, -0.15) is 5.26 Å². The maximum atomic E-state index is 12.6. The van der Waals surface area contributed by atoms with E-state index >= 15 is 0 Å². The molecular weight excluding hydrogens is 314 g/mol. The van der Waals surface area contributed by atoms with Crippen molar-refractivity contribution in [2.45, 2.75) is 18.6 Å². The van der Waals surface area contributed by atoms with Crippen molar-refractivity contribution in [2.24, 2.45) is 0 Å². The lowest BCUT2D eigenvalue weighted by Gasteiger charge is -2.07. The van der Waals surface area contributed by atoms with Crippen molar-refractivity contribution in [3.8, 4) is 16.5 Å². The van der Waals surface area contributed by atoms with E-state index in [-0.39, 0.29) is 11.3 Å². The van der Waals surface area contributed by atoms with Crippen molar-refractivity contribution in [1.29, 1.82) is 5.26 Å². The molecule has 0 aliphatic rings. The Morgan fingerprint density at radius 3 is 2.82 bits per heavy atom. The van der Waals surface area contributed by atoms with Crippen molar-refractivity contribution in [2.75, 3.05) is 5.75 Å². The minimum atomic E-state index is -0.0277. The number of rotatable bonds is 4. The van der Waals surface area contributed by atoms with Crippen LogP contribution in [0.5, 0.6) is 0 Å². The summed E-state index contributed by atoms with van der Waals surface area (Å²) in [6.45, 7) is 2.46. The van der Waals surface area contributed by atoms with Crippen molar-refractivity contribution in [1.82, 2.24) is 9.55 Å². The first-order chi connectivity index (χ1) is 10.7. The highest BCUT2D eigenvalue weighted by molar-refractivity contribution is 7.99. The molecule has 2 heterocycles. The molecule has 3 aromatic rings. The molecule has 110 valence electrons. The largest absolute Gasteiger partial charge is 0.287 e. The van der Waals surface area contributed by atoms with Crippen LogP contribution in [0.2, 0.25) is 0 Å². The first-order valence-corrected chi connectivity index (χ1v) is 8.64. The fraction of sp³-hybridized carbons (Fsp3) is 0.188. The molecular formula is C16H13N3OS2. The maximum Gasteiger partial charge on any atom is 0.272 e. The summed E-state index contributed by atoms with van der Waals surface area (Å²) in [5.41, 5.74) is 1.76.